The van der Waals surface area contributed by atoms with Gasteiger partial charge in [0.1, 0.15) is 0 Å². The van der Waals surface area contributed by atoms with Crippen LogP contribution in [0.3, 0.4) is 0 Å². The molecule has 0 heterocycles. The van der Waals surface area contributed by atoms with Gasteiger partial charge in [0, 0.05) is 0 Å². The van der Waals surface area contributed by atoms with E-state index in [9.17, 15) is 0 Å². The van der Waals surface area contributed by atoms with Gasteiger partial charge in [-0.1, -0.05) is 0 Å². The molecule has 0 saturated heterocycles. The molecule has 0 aromatic carbocycles. The van der Waals surface area contributed by atoms with Crippen molar-refractivity contribution in [2.24, 2.45) is 0 Å². The monoisotopic (exact) mass is 256 g/mol. The van der Waals surface area contributed by atoms with Crippen LogP contribution in [0.15, 0.2) is 13.2 Å². The third kappa shape index (κ3) is 155. The summed E-state index contributed by atoms with van der Waals surface area (Å²) in [5, 5.41) is 33.0. The van der Waals surface area contributed by atoms with Crippen molar-refractivity contribution in [1.82, 2.24) is 0 Å². The van der Waals surface area contributed by atoms with Crippen LogP contribution in [0.25, 0.3) is 0 Å². The van der Waals surface area contributed by atoms with Gasteiger partial charge < -0.3 is 44.9 Å². The number of hydrogen-bond donors (Lipinski definition) is 2. The van der Waals surface area contributed by atoms with Crippen molar-refractivity contribution in [2.45, 2.75) is 0 Å². The van der Waals surface area contributed by atoms with Gasteiger partial charge in [0.25, 0.3) is 0 Å². The Kier molecular flexibility index (Phi) is 92.4. The smallest absolute Gasteiger partial charge is 0.548 e. The predicted molar refractivity (Wildman–Crippen MR) is 48.3 cm³/mol. The first-order valence-electron chi connectivity index (χ1n) is 2.66. The minimum Gasteiger partial charge on any atom is -0.548 e. The van der Waals surface area contributed by atoms with Crippen molar-refractivity contribution in [3.8, 4) is 0 Å². The Hall–Kier alpha value is -0.686. The number of carboxylic acids is 2. The first-order valence-corrected chi connectivity index (χ1v) is 2.66. The number of rotatable bonds is 2. The zero-order valence-corrected chi connectivity index (χ0v) is 10.4. The molecule has 0 fully saturated rings. The molecule has 0 unspecified atom stereocenters. The summed E-state index contributed by atoms with van der Waals surface area (Å²) in [5.74, 6) is -2.88. The summed E-state index contributed by atoms with van der Waals surface area (Å²) >= 11 is 0. The van der Waals surface area contributed by atoms with E-state index in [1.807, 2.05) is 0 Å². The summed E-state index contributed by atoms with van der Waals surface area (Å²) in [6.07, 6.45) is 0. The minimum absolute atomic E-state index is 0. The van der Waals surface area contributed by atoms with Crippen LogP contribution < -0.4 is 10.2 Å². The Morgan fingerprint density at radius 1 is 0.933 bits per heavy atom. The molecule has 0 aliphatic carbocycles. The maximum Gasteiger partial charge on any atom is 4.00 e. The Labute approximate surface area is 105 Å². The normalized spacial score (nSPS) is 5.20. The second-order valence-electron chi connectivity index (χ2n) is 1.06. The molecule has 0 bridgehead atoms. The fraction of sp³-hybridized carbons (Fsp3) is 0.250. The van der Waals surface area contributed by atoms with Gasteiger partial charge in [-0.25, -0.2) is 0 Å². The zero-order valence-electron chi connectivity index (χ0n) is 8.86. The fourth-order valence-corrected chi connectivity index (χ4v) is 0. The molecule has 6 nitrogen and oxygen atoms in total. The van der Waals surface area contributed by atoms with Crippen LogP contribution in [0.2, 0.25) is 0 Å². The van der Waals surface area contributed by atoms with Crippen molar-refractivity contribution in [3.05, 3.63) is 28.0 Å². The zero-order chi connectivity index (χ0) is 10.6. The van der Waals surface area contributed by atoms with Gasteiger partial charge in [0.15, 0.2) is 0 Å². The van der Waals surface area contributed by atoms with Crippen LogP contribution in [0, 0.1) is 14.9 Å². The van der Waals surface area contributed by atoms with Crippen LogP contribution in [0.4, 0.5) is 0 Å². The van der Waals surface area contributed by atoms with Crippen molar-refractivity contribution < 1.29 is 51.7 Å². The molecule has 0 radical (unpaired) electrons. The standard InChI is InChI=1S/2C2H4O3.C2H4.2CH3.Ti/c2*3-1-2(4)5;1-2;;;/h2*3H,1H2,(H,4,5);1-2H2;2*1H3;/q;;;2*-1;+4/p-2. The second-order valence-corrected chi connectivity index (χ2v) is 1.06. The van der Waals surface area contributed by atoms with E-state index in [2.05, 4.69) is 13.2 Å². The Bertz CT molecular complexity index is 114. The number of aliphatic hydroxyl groups excluding tert-OH is 2. The molecule has 15 heavy (non-hydrogen) atoms. The molecule has 0 atom stereocenters. The maximum atomic E-state index is 9.01. The van der Waals surface area contributed by atoms with Crippen molar-refractivity contribution in [3.63, 3.8) is 0 Å². The Balaban J connectivity index is -0.0000000197. The average Bonchev–Trinajstić information content (AvgIpc) is 2.09. The number of carbonyl (C=O) groups is 2. The van der Waals surface area contributed by atoms with Crippen molar-refractivity contribution in [2.75, 3.05) is 13.2 Å². The van der Waals surface area contributed by atoms with Crippen LogP contribution in [0.5, 0.6) is 0 Å². The largest absolute Gasteiger partial charge is 4.00 e. The first kappa shape index (κ1) is 36.7. The molecule has 0 aromatic heterocycles. The van der Waals surface area contributed by atoms with Crippen LogP contribution >= 0.6 is 0 Å². The molecule has 0 aliphatic heterocycles. The maximum absolute atomic E-state index is 9.01. The molecule has 0 saturated carbocycles. The van der Waals surface area contributed by atoms with E-state index in [4.69, 9.17) is 30.0 Å². The topological polar surface area (TPSA) is 121 Å². The summed E-state index contributed by atoms with van der Waals surface area (Å²) in [6.45, 7) is 4.22. The molecule has 0 spiro atoms. The Morgan fingerprint density at radius 3 is 1.00 bits per heavy atom. The molecule has 7 heteroatoms. The van der Waals surface area contributed by atoms with E-state index in [-0.39, 0.29) is 36.6 Å². The van der Waals surface area contributed by atoms with E-state index in [0.717, 1.165) is 0 Å². The van der Waals surface area contributed by atoms with Crippen LogP contribution in [-0.2, 0) is 31.3 Å². The van der Waals surface area contributed by atoms with E-state index in [0.29, 0.717) is 0 Å². The molecule has 88 valence electrons. The van der Waals surface area contributed by atoms with E-state index >= 15 is 0 Å². The van der Waals surface area contributed by atoms with E-state index in [1.165, 1.54) is 0 Å². The number of aliphatic hydroxyl groups is 2. The van der Waals surface area contributed by atoms with Gasteiger partial charge in [-0.05, 0) is 0 Å². The summed E-state index contributed by atoms with van der Waals surface area (Å²) in [7, 11) is 0. The van der Waals surface area contributed by atoms with Gasteiger partial charge in [0.05, 0.1) is 25.2 Å². The van der Waals surface area contributed by atoms with Crippen LogP contribution in [-0.4, -0.2) is 35.4 Å². The summed E-state index contributed by atoms with van der Waals surface area (Å²) in [4.78, 5) is 18.0. The molecule has 0 aromatic rings. The quantitative estimate of drug-likeness (QED) is 0.312. The van der Waals surface area contributed by atoms with E-state index in [1.54, 1.807) is 0 Å². The van der Waals surface area contributed by atoms with Crippen molar-refractivity contribution in [1.29, 1.82) is 0 Å². The Morgan fingerprint density at radius 2 is 1.00 bits per heavy atom. The fourth-order valence-electron chi connectivity index (χ4n) is 0. The molecule has 0 rings (SSSR count). The first-order chi connectivity index (χ1) is 5.54. The van der Waals surface area contributed by atoms with E-state index < -0.39 is 25.2 Å². The predicted octanol–water partition coefficient (Wildman–Crippen LogP) is -2.84. The number of carbonyl (C=O) groups excluding carboxylic acids is 2. The number of aliphatic carboxylic acids is 2. The molecule has 0 aliphatic rings. The SMILES string of the molecule is C=C.O=C([O-])CO.O=C([O-])CO.[CH3-].[CH3-].[Ti+4]. The average molecular weight is 256 g/mol. The molecular weight excluding hydrogens is 240 g/mol. The minimum atomic E-state index is -1.44. The third-order valence-corrected chi connectivity index (χ3v) is 0.258. The molecule has 2 N–H and O–H groups in total. The molecule has 0 amide bonds. The third-order valence-electron chi connectivity index (χ3n) is 0.258. The summed E-state index contributed by atoms with van der Waals surface area (Å²) in [6, 6.07) is 0. The second kappa shape index (κ2) is 37.7. The van der Waals surface area contributed by atoms with Gasteiger partial charge in [-0.2, -0.15) is 0 Å². The van der Waals surface area contributed by atoms with Crippen molar-refractivity contribution >= 4 is 11.9 Å². The van der Waals surface area contributed by atoms with Gasteiger partial charge in [0.2, 0.25) is 0 Å². The van der Waals surface area contributed by atoms with Gasteiger partial charge >= 0.3 is 21.7 Å². The summed E-state index contributed by atoms with van der Waals surface area (Å²) in [5.41, 5.74) is 0. The van der Waals surface area contributed by atoms with Crippen LogP contribution in [0.1, 0.15) is 0 Å². The number of carboxylic acid groups (broad SMARTS) is 2. The number of hydrogen-bond acceptors (Lipinski definition) is 6. The van der Waals surface area contributed by atoms with Gasteiger partial charge in [-0.3, -0.25) is 0 Å². The molecular formula is C8H16O6Ti. The summed E-state index contributed by atoms with van der Waals surface area (Å²) < 4.78 is 0. The van der Waals surface area contributed by atoms with Gasteiger partial charge in [-0.15, -0.1) is 13.2 Å².